The Bertz CT molecular complexity index is 924. The fourth-order valence-electron chi connectivity index (χ4n) is 4.36. The summed E-state index contributed by atoms with van der Waals surface area (Å²) in [6.07, 6.45) is 6.80. The standard InChI is InChI=1S/C20H23NO3S/c1-14(13-15-7-3-2-4-8-15)20(22)21-17-11-5-9-16-10-6-12-18(19(16)17)25(21,23)24/h5-6,9-12,14-15H,2-4,7-8,13H2,1H3/t14-/m0/s1. The molecule has 0 unspecified atom stereocenters. The molecule has 25 heavy (non-hydrogen) atoms. The van der Waals surface area contributed by atoms with Crippen LogP contribution in [0, 0.1) is 11.8 Å². The molecule has 0 radical (unpaired) electrons. The van der Waals surface area contributed by atoms with Crippen molar-refractivity contribution in [2.45, 2.75) is 50.3 Å². The van der Waals surface area contributed by atoms with Gasteiger partial charge in [-0.05, 0) is 29.9 Å². The van der Waals surface area contributed by atoms with Gasteiger partial charge in [0.2, 0.25) is 5.91 Å². The quantitative estimate of drug-likeness (QED) is 0.814. The number of anilines is 1. The SMILES string of the molecule is C[C@@H](CC1CCCCC1)C(=O)N1c2cccc3cccc(c23)S1(=O)=O. The van der Waals surface area contributed by atoms with Crippen LogP contribution in [-0.4, -0.2) is 14.3 Å². The topological polar surface area (TPSA) is 54.5 Å². The van der Waals surface area contributed by atoms with Crippen LogP contribution in [0.4, 0.5) is 5.69 Å². The Morgan fingerprint density at radius 3 is 2.52 bits per heavy atom. The van der Waals surface area contributed by atoms with Gasteiger partial charge < -0.3 is 0 Å². The van der Waals surface area contributed by atoms with E-state index in [1.807, 2.05) is 25.1 Å². The number of carbonyl (C=O) groups excluding carboxylic acids is 1. The van der Waals surface area contributed by atoms with E-state index in [-0.39, 0.29) is 16.7 Å². The summed E-state index contributed by atoms with van der Waals surface area (Å²) >= 11 is 0. The van der Waals surface area contributed by atoms with Gasteiger partial charge in [-0.15, -0.1) is 0 Å². The predicted octanol–water partition coefficient (Wildman–Crippen LogP) is 4.48. The molecule has 1 atom stereocenters. The summed E-state index contributed by atoms with van der Waals surface area (Å²) < 4.78 is 27.1. The van der Waals surface area contributed by atoms with Gasteiger partial charge in [-0.3, -0.25) is 4.79 Å². The number of carbonyl (C=O) groups is 1. The van der Waals surface area contributed by atoms with E-state index in [4.69, 9.17) is 0 Å². The lowest BCUT2D eigenvalue weighted by Crippen LogP contribution is -2.38. The van der Waals surface area contributed by atoms with Gasteiger partial charge in [0, 0.05) is 11.3 Å². The van der Waals surface area contributed by atoms with Crippen molar-refractivity contribution in [3.8, 4) is 0 Å². The van der Waals surface area contributed by atoms with Crippen LogP contribution in [0.1, 0.15) is 45.4 Å². The minimum Gasteiger partial charge on any atom is -0.273 e. The van der Waals surface area contributed by atoms with E-state index in [9.17, 15) is 13.2 Å². The highest BCUT2D eigenvalue weighted by Crippen LogP contribution is 2.43. The zero-order chi connectivity index (χ0) is 17.6. The van der Waals surface area contributed by atoms with Crippen LogP contribution in [0.3, 0.4) is 0 Å². The fraction of sp³-hybridized carbons (Fsp3) is 0.450. The number of hydrogen-bond acceptors (Lipinski definition) is 3. The smallest absolute Gasteiger partial charge is 0.271 e. The number of amides is 1. The second-order valence-electron chi connectivity index (χ2n) is 7.38. The summed E-state index contributed by atoms with van der Waals surface area (Å²) in [6, 6.07) is 10.7. The number of nitrogens with zero attached hydrogens (tertiary/aromatic N) is 1. The normalized spacial score (nSPS) is 20.8. The van der Waals surface area contributed by atoms with E-state index in [1.165, 1.54) is 19.3 Å². The Kier molecular flexibility index (Phi) is 4.07. The monoisotopic (exact) mass is 357 g/mol. The highest BCUT2D eigenvalue weighted by Gasteiger charge is 2.41. The molecule has 0 aromatic heterocycles. The van der Waals surface area contributed by atoms with Crippen molar-refractivity contribution in [2.24, 2.45) is 11.8 Å². The molecule has 1 aliphatic heterocycles. The van der Waals surface area contributed by atoms with Gasteiger partial charge in [-0.25, -0.2) is 12.7 Å². The molecule has 1 heterocycles. The molecule has 4 rings (SSSR count). The third kappa shape index (κ3) is 2.65. The largest absolute Gasteiger partial charge is 0.273 e. The minimum atomic E-state index is -3.80. The fourth-order valence-corrected chi connectivity index (χ4v) is 6.12. The molecule has 5 heteroatoms. The first-order valence-corrected chi connectivity index (χ1v) is 10.5. The minimum absolute atomic E-state index is 0.249. The molecule has 132 valence electrons. The van der Waals surface area contributed by atoms with Crippen LogP contribution < -0.4 is 4.31 Å². The molecule has 1 fully saturated rings. The molecule has 2 aliphatic rings. The molecule has 0 spiro atoms. The second-order valence-corrected chi connectivity index (χ2v) is 9.13. The molecular formula is C20H23NO3S. The lowest BCUT2D eigenvalue weighted by atomic mass is 9.83. The van der Waals surface area contributed by atoms with E-state index in [1.54, 1.807) is 18.2 Å². The van der Waals surface area contributed by atoms with E-state index in [0.717, 1.165) is 29.0 Å². The van der Waals surface area contributed by atoms with Gasteiger partial charge in [0.25, 0.3) is 10.0 Å². The van der Waals surface area contributed by atoms with Crippen LogP contribution in [0.15, 0.2) is 41.3 Å². The van der Waals surface area contributed by atoms with Gasteiger partial charge in [0.1, 0.15) is 0 Å². The number of benzene rings is 2. The van der Waals surface area contributed by atoms with E-state index >= 15 is 0 Å². The lowest BCUT2D eigenvalue weighted by Gasteiger charge is -2.26. The Balaban J connectivity index is 1.68. The van der Waals surface area contributed by atoms with Crippen molar-refractivity contribution < 1.29 is 13.2 Å². The lowest BCUT2D eigenvalue weighted by molar-refractivity contribution is -0.121. The summed E-state index contributed by atoms with van der Waals surface area (Å²) in [5, 5.41) is 1.53. The summed E-state index contributed by atoms with van der Waals surface area (Å²) in [7, 11) is -3.80. The molecule has 0 N–H and O–H groups in total. The Hall–Kier alpha value is -1.88. The van der Waals surface area contributed by atoms with Crippen molar-refractivity contribution >= 4 is 32.4 Å². The zero-order valence-electron chi connectivity index (χ0n) is 14.4. The van der Waals surface area contributed by atoms with Crippen LogP contribution in [0.25, 0.3) is 10.8 Å². The van der Waals surface area contributed by atoms with Gasteiger partial charge in [0.15, 0.2) is 0 Å². The Morgan fingerprint density at radius 1 is 1.12 bits per heavy atom. The van der Waals surface area contributed by atoms with Gasteiger partial charge >= 0.3 is 0 Å². The maximum absolute atomic E-state index is 13.1. The van der Waals surface area contributed by atoms with Gasteiger partial charge in [0.05, 0.1) is 10.6 Å². The molecule has 1 aliphatic carbocycles. The molecule has 0 saturated heterocycles. The van der Waals surface area contributed by atoms with Crippen molar-refractivity contribution in [1.29, 1.82) is 0 Å². The summed E-state index contributed by atoms with van der Waals surface area (Å²) in [5.74, 6) is -0.0482. The first-order chi connectivity index (χ1) is 12.0. The number of hydrogen-bond donors (Lipinski definition) is 0. The average molecular weight is 357 g/mol. The maximum atomic E-state index is 13.1. The molecule has 1 saturated carbocycles. The molecule has 2 aromatic carbocycles. The first kappa shape index (κ1) is 16.6. The highest BCUT2D eigenvalue weighted by molar-refractivity contribution is 7.94. The summed E-state index contributed by atoms with van der Waals surface area (Å²) in [5.41, 5.74) is 0.508. The molecule has 1 amide bonds. The van der Waals surface area contributed by atoms with Crippen molar-refractivity contribution in [2.75, 3.05) is 4.31 Å². The second kappa shape index (κ2) is 6.13. The predicted molar refractivity (Wildman–Crippen MR) is 99.0 cm³/mol. The molecule has 2 aromatic rings. The third-order valence-electron chi connectivity index (χ3n) is 5.61. The summed E-state index contributed by atoms with van der Waals surface area (Å²) in [4.78, 5) is 13.3. The van der Waals surface area contributed by atoms with Gasteiger partial charge in [-0.2, -0.15) is 0 Å². The van der Waals surface area contributed by atoms with Crippen LogP contribution in [-0.2, 0) is 14.8 Å². The average Bonchev–Trinajstić information content (AvgIpc) is 2.84. The Labute approximate surface area is 148 Å². The van der Waals surface area contributed by atoms with Crippen LogP contribution >= 0.6 is 0 Å². The number of rotatable bonds is 3. The highest BCUT2D eigenvalue weighted by atomic mass is 32.2. The van der Waals surface area contributed by atoms with E-state index in [2.05, 4.69) is 0 Å². The van der Waals surface area contributed by atoms with Crippen molar-refractivity contribution in [3.05, 3.63) is 36.4 Å². The van der Waals surface area contributed by atoms with Crippen LogP contribution in [0.5, 0.6) is 0 Å². The van der Waals surface area contributed by atoms with Crippen LogP contribution in [0.2, 0.25) is 0 Å². The first-order valence-electron chi connectivity index (χ1n) is 9.11. The third-order valence-corrected chi connectivity index (χ3v) is 7.37. The number of sulfonamides is 1. The van der Waals surface area contributed by atoms with E-state index < -0.39 is 10.0 Å². The van der Waals surface area contributed by atoms with Crippen molar-refractivity contribution in [3.63, 3.8) is 0 Å². The van der Waals surface area contributed by atoms with Crippen molar-refractivity contribution in [1.82, 2.24) is 0 Å². The molecule has 4 nitrogen and oxygen atoms in total. The Morgan fingerprint density at radius 2 is 1.80 bits per heavy atom. The maximum Gasteiger partial charge on any atom is 0.271 e. The van der Waals surface area contributed by atoms with Gasteiger partial charge in [-0.1, -0.05) is 63.3 Å². The molecular weight excluding hydrogens is 334 g/mol. The zero-order valence-corrected chi connectivity index (χ0v) is 15.3. The molecule has 0 bridgehead atoms. The van der Waals surface area contributed by atoms with E-state index in [0.29, 0.717) is 17.0 Å². The summed E-state index contributed by atoms with van der Waals surface area (Å²) in [6.45, 7) is 1.87.